The molecule has 1 aliphatic heterocycles. The first kappa shape index (κ1) is 17.9. The Morgan fingerprint density at radius 2 is 2.04 bits per heavy atom. The molecule has 0 bridgehead atoms. The second kappa shape index (κ2) is 8.97. The summed E-state index contributed by atoms with van der Waals surface area (Å²) in [5.74, 6) is 0.657. The highest BCUT2D eigenvalue weighted by atomic mass is 15.2. The van der Waals surface area contributed by atoms with Crippen molar-refractivity contribution >= 4 is 5.82 Å². The summed E-state index contributed by atoms with van der Waals surface area (Å²) in [6, 6.07) is 15.5. The molecule has 2 N–H and O–H groups in total. The van der Waals surface area contributed by atoms with Gasteiger partial charge in [0.05, 0.1) is 0 Å². The van der Waals surface area contributed by atoms with E-state index in [0.29, 0.717) is 11.9 Å². The quantitative estimate of drug-likeness (QED) is 0.842. The van der Waals surface area contributed by atoms with Crippen molar-refractivity contribution in [3.05, 3.63) is 59.8 Å². The van der Waals surface area contributed by atoms with Crippen molar-refractivity contribution in [3.63, 3.8) is 0 Å². The van der Waals surface area contributed by atoms with Crippen LogP contribution < -0.4 is 5.73 Å². The molecule has 0 amide bonds. The molecule has 2 heterocycles. The van der Waals surface area contributed by atoms with Gasteiger partial charge in [0.25, 0.3) is 0 Å². The molecule has 0 aliphatic carbocycles. The van der Waals surface area contributed by atoms with Crippen molar-refractivity contribution in [2.75, 3.05) is 32.4 Å². The van der Waals surface area contributed by atoms with Gasteiger partial charge in [-0.2, -0.15) is 0 Å². The van der Waals surface area contributed by atoms with Gasteiger partial charge in [-0.25, -0.2) is 4.98 Å². The smallest absolute Gasteiger partial charge is 0.127 e. The summed E-state index contributed by atoms with van der Waals surface area (Å²) in [6.07, 6.45) is 6.71. The molecule has 1 aliphatic rings. The highest BCUT2D eigenvalue weighted by Crippen LogP contribution is 2.19. The summed E-state index contributed by atoms with van der Waals surface area (Å²) in [5.41, 5.74) is 8.57. The van der Waals surface area contributed by atoms with Crippen molar-refractivity contribution in [2.24, 2.45) is 0 Å². The molecule has 1 atom stereocenters. The Morgan fingerprint density at radius 1 is 1.20 bits per heavy atom. The van der Waals surface area contributed by atoms with Gasteiger partial charge in [-0.1, -0.05) is 36.4 Å². The van der Waals surface area contributed by atoms with Crippen LogP contribution in [0.25, 0.3) is 0 Å². The van der Waals surface area contributed by atoms with Gasteiger partial charge >= 0.3 is 0 Å². The van der Waals surface area contributed by atoms with Gasteiger partial charge in [-0.3, -0.25) is 4.90 Å². The molecule has 0 unspecified atom stereocenters. The molecule has 4 nitrogen and oxygen atoms in total. The van der Waals surface area contributed by atoms with Gasteiger partial charge in [0.15, 0.2) is 0 Å². The van der Waals surface area contributed by atoms with E-state index < -0.39 is 0 Å². The van der Waals surface area contributed by atoms with E-state index in [0.717, 1.165) is 18.7 Å². The fourth-order valence-electron chi connectivity index (χ4n) is 3.73. The lowest BCUT2D eigenvalue weighted by atomic mass is 10.0. The third kappa shape index (κ3) is 5.28. The summed E-state index contributed by atoms with van der Waals surface area (Å²) in [4.78, 5) is 9.27. The SMILES string of the molecule is CN(Cc1cccnc1N)[C@@H]1CCCN(CCCc2ccccc2)C1. The van der Waals surface area contributed by atoms with E-state index in [1.165, 1.54) is 44.3 Å². The van der Waals surface area contributed by atoms with Crippen LogP contribution in [0, 0.1) is 0 Å². The molecular weight excluding hydrogens is 308 g/mol. The number of anilines is 1. The summed E-state index contributed by atoms with van der Waals surface area (Å²) in [5, 5.41) is 0. The van der Waals surface area contributed by atoms with Crippen molar-refractivity contribution in [3.8, 4) is 0 Å². The zero-order valence-corrected chi connectivity index (χ0v) is 15.3. The van der Waals surface area contributed by atoms with Crippen LogP contribution in [0.4, 0.5) is 5.82 Å². The molecule has 134 valence electrons. The van der Waals surface area contributed by atoms with E-state index in [2.05, 4.69) is 58.2 Å². The minimum absolute atomic E-state index is 0.602. The monoisotopic (exact) mass is 338 g/mol. The normalized spacial score (nSPS) is 18.6. The molecule has 1 fully saturated rings. The first-order chi connectivity index (χ1) is 12.2. The van der Waals surface area contributed by atoms with Crippen molar-refractivity contribution in [2.45, 2.75) is 38.3 Å². The number of piperidine rings is 1. The van der Waals surface area contributed by atoms with E-state index in [-0.39, 0.29) is 0 Å². The molecular formula is C21H30N4. The second-order valence-electron chi connectivity index (χ2n) is 7.15. The van der Waals surface area contributed by atoms with Crippen LogP contribution in [0.3, 0.4) is 0 Å². The maximum Gasteiger partial charge on any atom is 0.127 e. The minimum Gasteiger partial charge on any atom is -0.383 e. The van der Waals surface area contributed by atoms with Crippen LogP contribution in [0.15, 0.2) is 48.7 Å². The van der Waals surface area contributed by atoms with Gasteiger partial charge in [-0.05, 0) is 57.5 Å². The van der Waals surface area contributed by atoms with E-state index in [4.69, 9.17) is 5.73 Å². The molecule has 2 aromatic rings. The molecule has 0 radical (unpaired) electrons. The average molecular weight is 338 g/mol. The molecule has 3 rings (SSSR count). The number of nitrogen functional groups attached to an aromatic ring is 1. The topological polar surface area (TPSA) is 45.4 Å². The third-order valence-electron chi connectivity index (χ3n) is 5.23. The van der Waals surface area contributed by atoms with Gasteiger partial charge in [0.1, 0.15) is 5.82 Å². The minimum atomic E-state index is 0.602. The zero-order chi connectivity index (χ0) is 17.5. The number of likely N-dealkylation sites (N-methyl/N-ethyl adjacent to an activating group) is 1. The molecule has 1 saturated heterocycles. The summed E-state index contributed by atoms with van der Waals surface area (Å²) < 4.78 is 0. The maximum absolute atomic E-state index is 6.00. The maximum atomic E-state index is 6.00. The van der Waals surface area contributed by atoms with Crippen LogP contribution in [-0.4, -0.2) is 47.5 Å². The van der Waals surface area contributed by atoms with Gasteiger partial charge < -0.3 is 10.6 Å². The van der Waals surface area contributed by atoms with Crippen LogP contribution in [0.1, 0.15) is 30.4 Å². The largest absolute Gasteiger partial charge is 0.383 e. The Balaban J connectivity index is 1.46. The van der Waals surface area contributed by atoms with Gasteiger partial charge in [0, 0.05) is 30.9 Å². The summed E-state index contributed by atoms with van der Waals surface area (Å²) in [6.45, 7) is 4.45. The molecule has 0 saturated carbocycles. The first-order valence-corrected chi connectivity index (χ1v) is 9.38. The van der Waals surface area contributed by atoms with Crippen LogP contribution in [0.2, 0.25) is 0 Å². The number of hydrogen-bond donors (Lipinski definition) is 1. The standard InChI is InChI=1S/C21H30N4/c1-24(16-19-11-5-13-23-21(19)22)20-12-7-15-25(17-20)14-6-10-18-8-3-2-4-9-18/h2-5,8-9,11,13,20H,6-7,10,12,14-17H2,1H3,(H2,22,23)/t20-/m1/s1. The second-order valence-corrected chi connectivity index (χ2v) is 7.15. The van der Waals surface area contributed by atoms with Crippen molar-refractivity contribution < 1.29 is 0 Å². The summed E-state index contributed by atoms with van der Waals surface area (Å²) >= 11 is 0. The van der Waals surface area contributed by atoms with Crippen molar-refractivity contribution in [1.29, 1.82) is 0 Å². The highest BCUT2D eigenvalue weighted by molar-refractivity contribution is 5.38. The zero-order valence-electron chi connectivity index (χ0n) is 15.3. The first-order valence-electron chi connectivity index (χ1n) is 9.38. The Kier molecular flexibility index (Phi) is 6.42. The molecule has 0 spiro atoms. The van der Waals surface area contributed by atoms with E-state index in [9.17, 15) is 0 Å². The Bertz CT molecular complexity index is 643. The lowest BCUT2D eigenvalue weighted by Gasteiger charge is -2.37. The van der Waals surface area contributed by atoms with Crippen LogP contribution in [0.5, 0.6) is 0 Å². The molecule has 1 aromatic carbocycles. The average Bonchev–Trinajstić information content (AvgIpc) is 2.65. The lowest BCUT2D eigenvalue weighted by Crippen LogP contribution is -2.46. The number of nitrogens with zero attached hydrogens (tertiary/aromatic N) is 3. The fourth-order valence-corrected chi connectivity index (χ4v) is 3.73. The van der Waals surface area contributed by atoms with Crippen LogP contribution >= 0.6 is 0 Å². The van der Waals surface area contributed by atoms with E-state index in [1.54, 1.807) is 6.20 Å². The number of aryl methyl sites for hydroxylation is 1. The highest BCUT2D eigenvalue weighted by Gasteiger charge is 2.23. The number of benzene rings is 1. The van der Waals surface area contributed by atoms with E-state index >= 15 is 0 Å². The fraction of sp³-hybridized carbons (Fsp3) is 0.476. The number of aromatic nitrogens is 1. The number of likely N-dealkylation sites (tertiary alicyclic amines) is 1. The Morgan fingerprint density at radius 3 is 2.84 bits per heavy atom. The Hall–Kier alpha value is -1.91. The number of rotatable bonds is 7. The molecule has 25 heavy (non-hydrogen) atoms. The Labute approximate surface area is 151 Å². The van der Waals surface area contributed by atoms with Crippen LogP contribution in [-0.2, 0) is 13.0 Å². The number of pyridine rings is 1. The summed E-state index contributed by atoms with van der Waals surface area (Å²) in [7, 11) is 2.21. The predicted molar refractivity (Wildman–Crippen MR) is 104 cm³/mol. The van der Waals surface area contributed by atoms with Crippen molar-refractivity contribution in [1.82, 2.24) is 14.8 Å². The predicted octanol–water partition coefficient (Wildman–Crippen LogP) is 3.19. The molecule has 4 heteroatoms. The van der Waals surface area contributed by atoms with E-state index in [1.807, 2.05) is 6.07 Å². The van der Waals surface area contributed by atoms with Gasteiger partial charge in [0.2, 0.25) is 0 Å². The van der Waals surface area contributed by atoms with Gasteiger partial charge in [-0.15, -0.1) is 0 Å². The molecule has 1 aromatic heterocycles. The third-order valence-corrected chi connectivity index (χ3v) is 5.23. The number of hydrogen-bond acceptors (Lipinski definition) is 4. The number of nitrogens with two attached hydrogens (primary N) is 1. The lowest BCUT2D eigenvalue weighted by molar-refractivity contribution is 0.111.